The molecule has 9 heteroatoms. The summed E-state index contributed by atoms with van der Waals surface area (Å²) in [6.45, 7) is 4.90. The fourth-order valence-electron chi connectivity index (χ4n) is 4.93. The number of carbonyl (C=O) groups excluding carboxylic acids is 2. The van der Waals surface area contributed by atoms with Gasteiger partial charge in [-0.3, -0.25) is 14.5 Å². The van der Waals surface area contributed by atoms with Crippen LogP contribution in [0.15, 0.2) is 24.3 Å². The predicted octanol–water partition coefficient (Wildman–Crippen LogP) is 2.45. The maximum absolute atomic E-state index is 12.7. The quantitative estimate of drug-likeness (QED) is 0.722. The molecule has 2 amide bonds. The maximum atomic E-state index is 12.7. The number of carbonyl (C=O) groups is 2. The normalized spacial score (nSPS) is 19.4. The van der Waals surface area contributed by atoms with Gasteiger partial charge in [0.1, 0.15) is 0 Å². The summed E-state index contributed by atoms with van der Waals surface area (Å²) in [5.41, 5.74) is 2.72. The Hall–Kier alpha value is -2.68. The lowest BCUT2D eigenvalue weighted by molar-refractivity contribution is -0.125. The first-order valence-electron chi connectivity index (χ1n) is 11.7. The summed E-state index contributed by atoms with van der Waals surface area (Å²) < 4.78 is 0. The van der Waals surface area contributed by atoms with Gasteiger partial charge in [-0.15, -0.1) is 10.2 Å². The van der Waals surface area contributed by atoms with Crippen molar-refractivity contribution in [2.24, 2.45) is 5.92 Å². The standard InChI is InChI=1S/C23H30N6O2S/c30-20-8-4-13-29(20)23-26-25-22(32-23)28-14-9-18(10-15-28)21(31)24-11-16-27-12-3-6-17-5-1-2-7-19(17)27/h1-2,5,7,18H,3-4,6,8-16H2,(H,24,31). The van der Waals surface area contributed by atoms with Gasteiger partial charge in [-0.2, -0.15) is 0 Å². The minimum atomic E-state index is 0.0486. The third kappa shape index (κ3) is 4.44. The van der Waals surface area contributed by atoms with Crippen LogP contribution >= 0.6 is 11.3 Å². The van der Waals surface area contributed by atoms with Gasteiger partial charge in [0.25, 0.3) is 0 Å². The van der Waals surface area contributed by atoms with Gasteiger partial charge in [-0.05, 0) is 43.7 Å². The Morgan fingerprint density at radius 1 is 1.03 bits per heavy atom. The first-order valence-corrected chi connectivity index (χ1v) is 12.5. The molecular weight excluding hydrogens is 424 g/mol. The molecule has 32 heavy (non-hydrogen) atoms. The highest BCUT2D eigenvalue weighted by atomic mass is 32.1. The van der Waals surface area contributed by atoms with Crippen molar-refractivity contribution < 1.29 is 9.59 Å². The number of rotatable bonds is 6. The summed E-state index contributed by atoms with van der Waals surface area (Å²) in [4.78, 5) is 31.0. The number of piperidine rings is 1. The van der Waals surface area contributed by atoms with Crippen LogP contribution in [0.4, 0.5) is 16.0 Å². The van der Waals surface area contributed by atoms with E-state index < -0.39 is 0 Å². The smallest absolute Gasteiger partial charge is 0.228 e. The van der Waals surface area contributed by atoms with E-state index in [0.29, 0.717) is 18.1 Å². The molecule has 0 aliphatic carbocycles. The van der Waals surface area contributed by atoms with Gasteiger partial charge in [-0.1, -0.05) is 29.5 Å². The summed E-state index contributed by atoms with van der Waals surface area (Å²) >= 11 is 1.48. The lowest BCUT2D eigenvalue weighted by Gasteiger charge is -2.32. The number of aromatic nitrogens is 2. The zero-order valence-corrected chi connectivity index (χ0v) is 19.1. The highest BCUT2D eigenvalue weighted by Crippen LogP contribution is 2.32. The molecule has 2 saturated heterocycles. The molecule has 2 aromatic rings. The lowest BCUT2D eigenvalue weighted by Crippen LogP contribution is -2.43. The average Bonchev–Trinajstić information content (AvgIpc) is 3.48. The first-order chi connectivity index (χ1) is 15.7. The van der Waals surface area contributed by atoms with Crippen LogP contribution in [0.3, 0.4) is 0 Å². The SMILES string of the molecule is O=C(NCCN1CCCc2ccccc21)C1CCN(c2nnc(N3CCCC3=O)s2)CC1. The summed E-state index contributed by atoms with van der Waals surface area (Å²) in [6.07, 6.45) is 5.43. The van der Waals surface area contributed by atoms with Crippen molar-refractivity contribution in [3.05, 3.63) is 29.8 Å². The monoisotopic (exact) mass is 454 g/mol. The van der Waals surface area contributed by atoms with E-state index in [1.807, 2.05) is 0 Å². The van der Waals surface area contributed by atoms with Gasteiger partial charge >= 0.3 is 0 Å². The third-order valence-corrected chi connectivity index (χ3v) is 7.74. The largest absolute Gasteiger partial charge is 0.370 e. The number of fused-ring (bicyclic) bond motifs is 1. The third-order valence-electron chi connectivity index (χ3n) is 6.73. The van der Waals surface area contributed by atoms with Crippen molar-refractivity contribution in [3.63, 3.8) is 0 Å². The number of anilines is 3. The summed E-state index contributed by atoms with van der Waals surface area (Å²) in [5.74, 6) is 0.346. The van der Waals surface area contributed by atoms with E-state index in [-0.39, 0.29) is 17.7 Å². The fourth-order valence-corrected chi connectivity index (χ4v) is 5.87. The molecule has 1 aromatic carbocycles. The van der Waals surface area contributed by atoms with Crippen LogP contribution in [-0.2, 0) is 16.0 Å². The number of aryl methyl sites for hydroxylation is 1. The number of nitrogens with zero attached hydrogens (tertiary/aromatic N) is 5. The number of hydrogen-bond donors (Lipinski definition) is 1. The molecule has 3 aliphatic rings. The van der Waals surface area contributed by atoms with Crippen molar-refractivity contribution in [1.29, 1.82) is 0 Å². The van der Waals surface area contributed by atoms with Crippen molar-refractivity contribution in [3.8, 4) is 0 Å². The van der Waals surface area contributed by atoms with E-state index in [9.17, 15) is 9.59 Å². The molecule has 0 spiro atoms. The molecule has 1 N–H and O–H groups in total. The van der Waals surface area contributed by atoms with Crippen LogP contribution in [0.2, 0.25) is 0 Å². The Bertz CT molecular complexity index is 971. The van der Waals surface area contributed by atoms with E-state index in [4.69, 9.17) is 0 Å². The number of para-hydroxylation sites is 1. The lowest BCUT2D eigenvalue weighted by atomic mass is 9.96. The second-order valence-corrected chi connectivity index (χ2v) is 9.72. The molecule has 170 valence electrons. The molecule has 4 heterocycles. The Morgan fingerprint density at radius 2 is 1.81 bits per heavy atom. The van der Waals surface area contributed by atoms with E-state index >= 15 is 0 Å². The Balaban J connectivity index is 1.08. The molecule has 5 rings (SSSR count). The van der Waals surface area contributed by atoms with Crippen molar-refractivity contribution in [2.75, 3.05) is 54.0 Å². The molecular formula is C23H30N6O2S. The molecule has 2 fully saturated rings. The van der Waals surface area contributed by atoms with Crippen LogP contribution in [0.1, 0.15) is 37.7 Å². The average molecular weight is 455 g/mol. The second-order valence-electron chi connectivity index (χ2n) is 8.79. The van der Waals surface area contributed by atoms with Crippen LogP contribution < -0.4 is 20.0 Å². The molecule has 0 unspecified atom stereocenters. The maximum Gasteiger partial charge on any atom is 0.228 e. The zero-order chi connectivity index (χ0) is 21.9. The van der Waals surface area contributed by atoms with Crippen LogP contribution in [0.5, 0.6) is 0 Å². The molecule has 0 radical (unpaired) electrons. The van der Waals surface area contributed by atoms with Crippen LogP contribution in [0.25, 0.3) is 0 Å². The molecule has 3 aliphatic heterocycles. The first kappa shape index (κ1) is 21.2. The molecule has 0 saturated carbocycles. The van der Waals surface area contributed by atoms with Gasteiger partial charge in [0.05, 0.1) is 0 Å². The number of benzene rings is 1. The Labute approximate surface area is 192 Å². The minimum absolute atomic E-state index is 0.0486. The Kier molecular flexibility index (Phi) is 6.25. The second kappa shape index (κ2) is 9.44. The minimum Gasteiger partial charge on any atom is -0.370 e. The number of amides is 2. The van der Waals surface area contributed by atoms with Crippen molar-refractivity contribution >= 4 is 39.1 Å². The predicted molar refractivity (Wildman–Crippen MR) is 126 cm³/mol. The van der Waals surface area contributed by atoms with Crippen molar-refractivity contribution in [2.45, 2.75) is 38.5 Å². The fraction of sp³-hybridized carbons (Fsp3) is 0.565. The zero-order valence-electron chi connectivity index (χ0n) is 18.3. The van der Waals surface area contributed by atoms with E-state index in [2.05, 4.69) is 49.6 Å². The van der Waals surface area contributed by atoms with Gasteiger partial charge in [0, 0.05) is 57.3 Å². The van der Waals surface area contributed by atoms with E-state index in [0.717, 1.165) is 63.5 Å². The molecule has 0 bridgehead atoms. The highest BCUT2D eigenvalue weighted by molar-refractivity contribution is 7.19. The van der Waals surface area contributed by atoms with Crippen molar-refractivity contribution in [1.82, 2.24) is 15.5 Å². The highest BCUT2D eigenvalue weighted by Gasteiger charge is 2.29. The van der Waals surface area contributed by atoms with Gasteiger partial charge in [0.15, 0.2) is 0 Å². The summed E-state index contributed by atoms with van der Waals surface area (Å²) in [7, 11) is 0. The molecule has 1 aromatic heterocycles. The van der Waals surface area contributed by atoms with Crippen LogP contribution in [0, 0.1) is 5.92 Å². The molecule has 0 atom stereocenters. The van der Waals surface area contributed by atoms with Gasteiger partial charge in [-0.25, -0.2) is 0 Å². The van der Waals surface area contributed by atoms with E-state index in [1.165, 1.54) is 29.0 Å². The van der Waals surface area contributed by atoms with Gasteiger partial charge < -0.3 is 15.1 Å². The van der Waals surface area contributed by atoms with Gasteiger partial charge in [0.2, 0.25) is 22.1 Å². The van der Waals surface area contributed by atoms with E-state index in [1.54, 1.807) is 4.90 Å². The topological polar surface area (TPSA) is 81.7 Å². The summed E-state index contributed by atoms with van der Waals surface area (Å²) in [5, 5.41) is 13.2. The number of hydrogen-bond acceptors (Lipinski definition) is 7. The number of nitrogens with one attached hydrogen (secondary N) is 1. The molecule has 8 nitrogen and oxygen atoms in total. The van der Waals surface area contributed by atoms with Crippen LogP contribution in [-0.4, -0.2) is 61.3 Å². The summed E-state index contributed by atoms with van der Waals surface area (Å²) in [6, 6.07) is 8.58. The Morgan fingerprint density at radius 3 is 2.62 bits per heavy atom.